The molecule has 106 valence electrons. The molecule has 0 saturated heterocycles. The number of rotatable bonds is 5. The van der Waals surface area contributed by atoms with Crippen LogP contribution in [0.3, 0.4) is 0 Å². The van der Waals surface area contributed by atoms with Gasteiger partial charge >= 0.3 is 5.97 Å². The molecule has 1 N–H and O–H groups in total. The van der Waals surface area contributed by atoms with Gasteiger partial charge in [0.1, 0.15) is 5.82 Å². The van der Waals surface area contributed by atoms with Gasteiger partial charge in [0.2, 0.25) is 0 Å². The third-order valence-electron chi connectivity index (χ3n) is 2.64. The maximum atomic E-state index is 13.1. The minimum absolute atomic E-state index is 0.00522. The van der Waals surface area contributed by atoms with Crippen LogP contribution in [0.1, 0.15) is 21.7 Å². The molecule has 0 saturated carbocycles. The van der Waals surface area contributed by atoms with Gasteiger partial charge in [-0.15, -0.1) is 5.10 Å². The fourth-order valence-electron chi connectivity index (χ4n) is 1.72. The van der Waals surface area contributed by atoms with Gasteiger partial charge in [-0.2, -0.15) is 0 Å². The number of carboxylic acid groups (broad SMARTS) is 1. The molecule has 1 heterocycles. The number of carbonyl (C=O) groups is 1. The highest BCUT2D eigenvalue weighted by Crippen LogP contribution is 2.17. The van der Waals surface area contributed by atoms with Crippen LogP contribution in [0.25, 0.3) is 0 Å². The van der Waals surface area contributed by atoms with E-state index in [0.29, 0.717) is 11.3 Å². The second-order valence-corrected chi connectivity index (χ2v) is 4.44. The molecule has 2 rings (SSSR count). The first kappa shape index (κ1) is 14.4. The Hall–Kier alpha value is -1.99. The van der Waals surface area contributed by atoms with Crippen molar-refractivity contribution in [3.8, 4) is 0 Å². The molecule has 8 heteroatoms. The Balaban J connectivity index is 2.32. The second-order valence-electron chi connectivity index (χ2n) is 4.03. The lowest BCUT2D eigenvalue weighted by atomic mass is 10.2. The van der Waals surface area contributed by atoms with Crippen molar-refractivity contribution in [1.82, 2.24) is 15.0 Å². The summed E-state index contributed by atoms with van der Waals surface area (Å²) in [4.78, 5) is 11.0. The molecule has 1 aromatic heterocycles. The summed E-state index contributed by atoms with van der Waals surface area (Å²) in [6.45, 7) is 0.280. The van der Waals surface area contributed by atoms with E-state index in [4.69, 9.17) is 21.4 Å². The zero-order valence-electron chi connectivity index (χ0n) is 10.5. The van der Waals surface area contributed by atoms with Gasteiger partial charge in [0.15, 0.2) is 5.69 Å². The van der Waals surface area contributed by atoms with Crippen molar-refractivity contribution in [3.63, 3.8) is 0 Å². The molecule has 0 atom stereocenters. The van der Waals surface area contributed by atoms with Crippen LogP contribution in [-0.4, -0.2) is 33.2 Å². The predicted octanol–water partition coefficient (Wildman–Crippen LogP) is 1.96. The van der Waals surface area contributed by atoms with E-state index in [2.05, 4.69) is 10.3 Å². The Bertz CT molecular complexity index is 645. The summed E-state index contributed by atoms with van der Waals surface area (Å²) in [6.07, 6.45) is 0. The van der Waals surface area contributed by atoms with E-state index >= 15 is 0 Å². The Labute approximate surface area is 118 Å². The lowest BCUT2D eigenvalue weighted by Crippen LogP contribution is -2.10. The summed E-state index contributed by atoms with van der Waals surface area (Å²) in [6, 6.07) is 4.23. The van der Waals surface area contributed by atoms with Crippen LogP contribution in [0.5, 0.6) is 0 Å². The van der Waals surface area contributed by atoms with Gasteiger partial charge in [0.05, 0.1) is 23.9 Å². The summed E-state index contributed by atoms with van der Waals surface area (Å²) >= 11 is 5.70. The number of nitrogens with zero attached hydrogens (tertiary/aromatic N) is 3. The van der Waals surface area contributed by atoms with Gasteiger partial charge in [-0.1, -0.05) is 22.9 Å². The van der Waals surface area contributed by atoms with Crippen LogP contribution >= 0.6 is 11.6 Å². The molecule has 20 heavy (non-hydrogen) atoms. The van der Waals surface area contributed by atoms with E-state index in [-0.39, 0.29) is 23.9 Å². The molecule has 0 radical (unpaired) electrons. The Morgan fingerprint density at radius 2 is 2.30 bits per heavy atom. The zero-order chi connectivity index (χ0) is 14.7. The molecular formula is C12H11ClFN3O3. The van der Waals surface area contributed by atoms with Crippen LogP contribution in [0.2, 0.25) is 5.02 Å². The predicted molar refractivity (Wildman–Crippen MR) is 68.2 cm³/mol. The van der Waals surface area contributed by atoms with Crippen LogP contribution in [0, 0.1) is 5.82 Å². The average molecular weight is 300 g/mol. The minimum Gasteiger partial charge on any atom is -0.476 e. The zero-order valence-corrected chi connectivity index (χ0v) is 11.3. The van der Waals surface area contributed by atoms with Crippen molar-refractivity contribution < 1.29 is 19.0 Å². The quantitative estimate of drug-likeness (QED) is 0.913. The number of benzene rings is 1. The third-order valence-corrected chi connectivity index (χ3v) is 2.93. The number of aromatic carboxylic acids is 1. The van der Waals surface area contributed by atoms with Crippen molar-refractivity contribution in [3.05, 3.63) is 46.0 Å². The molecule has 0 bridgehead atoms. The van der Waals surface area contributed by atoms with Crippen molar-refractivity contribution in [2.75, 3.05) is 7.11 Å². The van der Waals surface area contributed by atoms with Crippen molar-refractivity contribution in [1.29, 1.82) is 0 Å². The summed E-state index contributed by atoms with van der Waals surface area (Å²) in [7, 11) is 1.44. The first-order chi connectivity index (χ1) is 9.52. The van der Waals surface area contributed by atoms with Crippen molar-refractivity contribution in [2.45, 2.75) is 13.2 Å². The molecule has 2 aromatic rings. The van der Waals surface area contributed by atoms with Crippen LogP contribution in [-0.2, 0) is 17.9 Å². The van der Waals surface area contributed by atoms with Gasteiger partial charge in [-0.3, -0.25) is 0 Å². The van der Waals surface area contributed by atoms with E-state index in [1.165, 1.54) is 23.9 Å². The fraction of sp³-hybridized carbons (Fsp3) is 0.250. The fourth-order valence-corrected chi connectivity index (χ4v) is 1.92. The molecule has 0 unspecified atom stereocenters. The van der Waals surface area contributed by atoms with Crippen LogP contribution < -0.4 is 0 Å². The smallest absolute Gasteiger partial charge is 0.358 e. The first-order valence-corrected chi connectivity index (χ1v) is 5.99. The normalized spacial score (nSPS) is 10.8. The number of halogens is 2. The maximum Gasteiger partial charge on any atom is 0.358 e. The highest BCUT2D eigenvalue weighted by molar-refractivity contribution is 6.30. The van der Waals surface area contributed by atoms with E-state index < -0.39 is 11.8 Å². The lowest BCUT2D eigenvalue weighted by molar-refractivity contribution is 0.0684. The van der Waals surface area contributed by atoms with Crippen LogP contribution in [0.15, 0.2) is 18.2 Å². The number of hydrogen-bond acceptors (Lipinski definition) is 4. The van der Waals surface area contributed by atoms with Crippen LogP contribution in [0.4, 0.5) is 4.39 Å². The topological polar surface area (TPSA) is 77.2 Å². The molecule has 0 fully saturated rings. The molecular weight excluding hydrogens is 289 g/mol. The molecule has 0 aliphatic carbocycles. The SMILES string of the molecule is COCc1c(C(=O)O)nnn1Cc1ccc(F)c(Cl)c1. The summed E-state index contributed by atoms with van der Waals surface area (Å²) in [5.41, 5.74) is 0.844. The number of carboxylic acids is 1. The molecule has 0 spiro atoms. The Morgan fingerprint density at radius 3 is 2.90 bits per heavy atom. The number of hydrogen-bond donors (Lipinski definition) is 1. The number of aromatic nitrogens is 3. The molecule has 0 aliphatic heterocycles. The van der Waals surface area contributed by atoms with Gasteiger partial charge < -0.3 is 9.84 Å². The molecule has 0 amide bonds. The summed E-state index contributed by atoms with van der Waals surface area (Å²) in [5, 5.41) is 16.4. The van der Waals surface area contributed by atoms with Gasteiger partial charge in [-0.25, -0.2) is 13.9 Å². The molecule has 0 aliphatic rings. The van der Waals surface area contributed by atoms with Gasteiger partial charge in [-0.05, 0) is 17.7 Å². The highest BCUT2D eigenvalue weighted by atomic mass is 35.5. The largest absolute Gasteiger partial charge is 0.476 e. The number of methoxy groups -OCH3 is 1. The monoisotopic (exact) mass is 299 g/mol. The lowest BCUT2D eigenvalue weighted by Gasteiger charge is -2.07. The standard InChI is InChI=1S/C12H11ClFN3O3/c1-20-6-10-11(12(18)19)15-16-17(10)5-7-2-3-9(14)8(13)4-7/h2-4H,5-6H2,1H3,(H,18,19). The van der Waals surface area contributed by atoms with E-state index in [1.807, 2.05) is 0 Å². The maximum absolute atomic E-state index is 13.1. The van der Waals surface area contributed by atoms with E-state index in [0.717, 1.165) is 0 Å². The van der Waals surface area contributed by atoms with Gasteiger partial charge in [0, 0.05) is 7.11 Å². The van der Waals surface area contributed by atoms with Crippen molar-refractivity contribution in [2.24, 2.45) is 0 Å². The average Bonchev–Trinajstić information content (AvgIpc) is 2.78. The van der Waals surface area contributed by atoms with E-state index in [9.17, 15) is 9.18 Å². The second kappa shape index (κ2) is 5.98. The van der Waals surface area contributed by atoms with E-state index in [1.54, 1.807) is 6.07 Å². The van der Waals surface area contributed by atoms with Crippen molar-refractivity contribution >= 4 is 17.6 Å². The highest BCUT2D eigenvalue weighted by Gasteiger charge is 2.19. The summed E-state index contributed by atoms with van der Waals surface area (Å²) < 4.78 is 19.4. The Kier molecular flexibility index (Phi) is 4.31. The first-order valence-electron chi connectivity index (χ1n) is 5.61. The van der Waals surface area contributed by atoms with Gasteiger partial charge in [0.25, 0.3) is 0 Å². The summed E-state index contributed by atoms with van der Waals surface area (Å²) in [5.74, 6) is -1.70. The minimum atomic E-state index is -1.18. The molecule has 6 nitrogen and oxygen atoms in total. The molecule has 1 aromatic carbocycles. The third kappa shape index (κ3) is 2.94. The number of ether oxygens (including phenoxy) is 1. The Morgan fingerprint density at radius 1 is 1.55 bits per heavy atom.